The maximum atomic E-state index is 11.8. The van der Waals surface area contributed by atoms with E-state index in [0.29, 0.717) is 59.2 Å². The number of nitrogens with one attached hydrogen (secondary N) is 1. The van der Waals surface area contributed by atoms with Gasteiger partial charge in [-0.05, 0) is 44.9 Å². The molecule has 0 aromatic heterocycles. The van der Waals surface area contributed by atoms with E-state index in [9.17, 15) is 4.79 Å². The highest BCUT2D eigenvalue weighted by Gasteiger charge is 1.99. The van der Waals surface area contributed by atoms with Gasteiger partial charge in [-0.3, -0.25) is 4.79 Å². The van der Waals surface area contributed by atoms with Crippen molar-refractivity contribution < 1.29 is 19.0 Å². The molecule has 1 amide bonds. The van der Waals surface area contributed by atoms with E-state index in [2.05, 4.69) is 60.8 Å². The number of rotatable bonds is 25. The van der Waals surface area contributed by atoms with Gasteiger partial charge in [-0.1, -0.05) is 68.4 Å². The highest BCUT2D eigenvalue weighted by Crippen LogP contribution is 2.01. The molecule has 0 heterocycles. The first kappa shape index (κ1) is 32.3. The number of allylic oxidation sites excluding steroid dienone is 8. The van der Waals surface area contributed by atoms with Crippen LogP contribution in [0.2, 0.25) is 0 Å². The third-order valence-corrected chi connectivity index (χ3v) is 4.81. The number of hydrogen-bond acceptors (Lipinski definition) is 5. The molecule has 0 radical (unpaired) electrons. The van der Waals surface area contributed by atoms with Crippen LogP contribution >= 0.6 is 0 Å². The SMILES string of the molecule is CCCCC/C=C\CC=CCC=CC/C=C\CCCC(=O)NCCOCCOCCOCCN. The predicted octanol–water partition coefficient (Wildman–Crippen LogP) is 5.26. The summed E-state index contributed by atoms with van der Waals surface area (Å²) in [5.41, 5.74) is 5.32. The smallest absolute Gasteiger partial charge is 0.220 e. The number of amides is 1. The molecule has 0 aliphatic carbocycles. The third-order valence-electron chi connectivity index (χ3n) is 4.81. The van der Waals surface area contributed by atoms with E-state index in [-0.39, 0.29) is 5.91 Å². The highest BCUT2D eigenvalue weighted by atomic mass is 16.5. The van der Waals surface area contributed by atoms with Gasteiger partial charge < -0.3 is 25.3 Å². The van der Waals surface area contributed by atoms with Gasteiger partial charge in [-0.25, -0.2) is 0 Å². The first-order valence-corrected chi connectivity index (χ1v) is 13.1. The van der Waals surface area contributed by atoms with Gasteiger partial charge in [0.1, 0.15) is 0 Å². The van der Waals surface area contributed by atoms with Crippen LogP contribution < -0.4 is 11.1 Å². The van der Waals surface area contributed by atoms with Crippen molar-refractivity contribution in [2.24, 2.45) is 5.73 Å². The van der Waals surface area contributed by atoms with Gasteiger partial charge >= 0.3 is 0 Å². The van der Waals surface area contributed by atoms with Gasteiger partial charge in [-0.15, -0.1) is 0 Å². The number of carbonyl (C=O) groups is 1. The Hall–Kier alpha value is -1.73. The molecule has 0 saturated heterocycles. The van der Waals surface area contributed by atoms with E-state index in [1.54, 1.807) is 0 Å². The van der Waals surface area contributed by atoms with E-state index >= 15 is 0 Å². The fraction of sp³-hybridized carbons (Fsp3) is 0.679. The molecule has 196 valence electrons. The second-order valence-electron chi connectivity index (χ2n) is 7.96. The Kier molecular flexibility index (Phi) is 27.8. The van der Waals surface area contributed by atoms with Crippen LogP contribution in [0.5, 0.6) is 0 Å². The molecule has 0 unspecified atom stereocenters. The van der Waals surface area contributed by atoms with Crippen molar-refractivity contribution in [3.05, 3.63) is 48.6 Å². The molecular weight excluding hydrogens is 428 g/mol. The number of ether oxygens (including phenoxy) is 3. The Morgan fingerprint density at radius 2 is 1.18 bits per heavy atom. The maximum Gasteiger partial charge on any atom is 0.220 e. The summed E-state index contributed by atoms with van der Waals surface area (Å²) in [6, 6.07) is 0. The molecule has 0 rings (SSSR count). The van der Waals surface area contributed by atoms with E-state index in [0.717, 1.165) is 32.1 Å². The van der Waals surface area contributed by atoms with Gasteiger partial charge in [0.25, 0.3) is 0 Å². The molecular formula is C28H50N2O4. The molecule has 3 N–H and O–H groups in total. The zero-order valence-corrected chi connectivity index (χ0v) is 21.6. The van der Waals surface area contributed by atoms with Crippen molar-refractivity contribution in [2.75, 3.05) is 52.7 Å². The third kappa shape index (κ3) is 28.3. The number of nitrogens with two attached hydrogens (primary N) is 1. The molecule has 0 aromatic rings. The Morgan fingerprint density at radius 1 is 0.676 bits per heavy atom. The first-order chi connectivity index (χ1) is 16.8. The zero-order valence-electron chi connectivity index (χ0n) is 21.6. The molecule has 0 aromatic carbocycles. The van der Waals surface area contributed by atoms with Crippen molar-refractivity contribution >= 4 is 5.91 Å². The van der Waals surface area contributed by atoms with Crippen molar-refractivity contribution in [1.29, 1.82) is 0 Å². The van der Waals surface area contributed by atoms with Gasteiger partial charge in [-0.2, -0.15) is 0 Å². The van der Waals surface area contributed by atoms with Crippen molar-refractivity contribution in [3.63, 3.8) is 0 Å². The lowest BCUT2D eigenvalue weighted by Crippen LogP contribution is -2.27. The summed E-state index contributed by atoms with van der Waals surface area (Å²) in [6.07, 6.45) is 28.1. The van der Waals surface area contributed by atoms with Crippen molar-refractivity contribution in [3.8, 4) is 0 Å². The number of hydrogen-bond donors (Lipinski definition) is 2. The lowest BCUT2D eigenvalue weighted by molar-refractivity contribution is -0.121. The fourth-order valence-corrected chi connectivity index (χ4v) is 2.92. The quantitative estimate of drug-likeness (QED) is 0.138. The largest absolute Gasteiger partial charge is 0.378 e. The van der Waals surface area contributed by atoms with Crippen molar-refractivity contribution in [1.82, 2.24) is 5.32 Å². The minimum absolute atomic E-state index is 0.0767. The molecule has 6 nitrogen and oxygen atoms in total. The average molecular weight is 479 g/mol. The molecule has 0 bridgehead atoms. The van der Waals surface area contributed by atoms with Gasteiger partial charge in [0.2, 0.25) is 5.91 Å². The molecule has 0 atom stereocenters. The van der Waals surface area contributed by atoms with Gasteiger partial charge in [0.15, 0.2) is 0 Å². The molecule has 0 aliphatic heterocycles. The highest BCUT2D eigenvalue weighted by molar-refractivity contribution is 5.75. The second-order valence-corrected chi connectivity index (χ2v) is 7.96. The molecule has 0 saturated carbocycles. The summed E-state index contributed by atoms with van der Waals surface area (Å²) < 4.78 is 16.0. The Balaban J connectivity index is 3.39. The molecule has 0 fully saturated rings. The standard InChI is InChI=1S/C28H50N2O4/c1-2-3-4-5-6-7-8-9-10-11-12-13-14-15-16-17-18-19-28(31)30-21-23-33-25-27-34-26-24-32-22-20-29/h6-7,9-10,12-13,15-16H,2-5,8,11,14,17-27,29H2,1H3,(H,30,31)/b7-6-,10-9?,13-12?,16-15-. The number of unbranched alkanes of at least 4 members (excludes halogenated alkanes) is 4. The predicted molar refractivity (Wildman–Crippen MR) is 143 cm³/mol. The van der Waals surface area contributed by atoms with Crippen LogP contribution in [-0.4, -0.2) is 58.6 Å². The lowest BCUT2D eigenvalue weighted by atomic mass is 10.2. The minimum Gasteiger partial charge on any atom is -0.378 e. The van der Waals surface area contributed by atoms with Crippen LogP contribution in [-0.2, 0) is 19.0 Å². The monoisotopic (exact) mass is 478 g/mol. The van der Waals surface area contributed by atoms with Crippen LogP contribution in [0.15, 0.2) is 48.6 Å². The van der Waals surface area contributed by atoms with Crippen molar-refractivity contribution in [2.45, 2.75) is 71.1 Å². The lowest BCUT2D eigenvalue weighted by Gasteiger charge is -2.07. The first-order valence-electron chi connectivity index (χ1n) is 13.1. The Labute approximate surface area is 208 Å². The Bertz CT molecular complexity index is 545. The summed E-state index contributed by atoms with van der Waals surface area (Å²) in [4.78, 5) is 11.8. The normalized spacial score (nSPS) is 12.2. The average Bonchev–Trinajstić information content (AvgIpc) is 2.84. The summed E-state index contributed by atoms with van der Waals surface area (Å²) in [5, 5.41) is 2.88. The van der Waals surface area contributed by atoms with E-state index in [1.165, 1.54) is 25.7 Å². The molecule has 6 heteroatoms. The summed E-state index contributed by atoms with van der Waals surface area (Å²) in [5.74, 6) is 0.0767. The van der Waals surface area contributed by atoms with Crippen LogP contribution in [0.3, 0.4) is 0 Å². The zero-order chi connectivity index (χ0) is 24.8. The Morgan fingerprint density at radius 3 is 1.74 bits per heavy atom. The van der Waals surface area contributed by atoms with Crippen LogP contribution in [0.4, 0.5) is 0 Å². The van der Waals surface area contributed by atoms with E-state index in [1.807, 2.05) is 0 Å². The summed E-state index contributed by atoms with van der Waals surface area (Å²) >= 11 is 0. The van der Waals surface area contributed by atoms with Crippen LogP contribution in [0.1, 0.15) is 71.1 Å². The maximum absolute atomic E-state index is 11.8. The van der Waals surface area contributed by atoms with Gasteiger partial charge in [0.05, 0.1) is 39.6 Å². The summed E-state index contributed by atoms with van der Waals surface area (Å²) in [6.45, 7) is 6.48. The summed E-state index contributed by atoms with van der Waals surface area (Å²) in [7, 11) is 0. The number of carbonyl (C=O) groups excluding carboxylic acids is 1. The van der Waals surface area contributed by atoms with Crippen LogP contribution in [0.25, 0.3) is 0 Å². The topological polar surface area (TPSA) is 82.8 Å². The van der Waals surface area contributed by atoms with E-state index in [4.69, 9.17) is 19.9 Å². The molecule has 0 aliphatic rings. The second kappa shape index (κ2) is 29.3. The molecule has 34 heavy (non-hydrogen) atoms. The van der Waals surface area contributed by atoms with Gasteiger partial charge in [0, 0.05) is 19.5 Å². The van der Waals surface area contributed by atoms with E-state index < -0.39 is 0 Å². The molecule has 0 spiro atoms. The minimum atomic E-state index is 0.0767. The fourth-order valence-electron chi connectivity index (χ4n) is 2.92. The van der Waals surface area contributed by atoms with Crippen LogP contribution in [0, 0.1) is 0 Å².